The number of hydrogen-bond acceptors (Lipinski definition) is 6. The Morgan fingerprint density at radius 1 is 1.25 bits per heavy atom. The van der Waals surface area contributed by atoms with Crippen LogP contribution in [0.15, 0.2) is 28.2 Å². The summed E-state index contributed by atoms with van der Waals surface area (Å²) in [6.07, 6.45) is 0. The highest BCUT2D eigenvalue weighted by Crippen LogP contribution is 2.34. The summed E-state index contributed by atoms with van der Waals surface area (Å²) in [5.74, 6) is -0.560. The van der Waals surface area contributed by atoms with Crippen LogP contribution in [0.25, 0.3) is 0 Å². The molecule has 0 bridgehead atoms. The molecule has 1 aromatic rings. The van der Waals surface area contributed by atoms with E-state index in [4.69, 9.17) is 4.74 Å². The van der Waals surface area contributed by atoms with E-state index >= 15 is 0 Å². The predicted molar refractivity (Wildman–Crippen MR) is 90.8 cm³/mol. The molecule has 0 spiro atoms. The van der Waals surface area contributed by atoms with Gasteiger partial charge in [0, 0.05) is 19.1 Å². The Morgan fingerprint density at radius 3 is 2.54 bits per heavy atom. The number of hydrazone groups is 1. The minimum atomic E-state index is -3.94. The van der Waals surface area contributed by atoms with Crippen LogP contribution in [-0.4, -0.2) is 56.6 Å². The monoisotopic (exact) mass is 351 g/mol. The molecule has 1 amide bonds. The van der Waals surface area contributed by atoms with Crippen molar-refractivity contribution in [1.29, 1.82) is 0 Å². The van der Waals surface area contributed by atoms with Crippen LogP contribution in [0.4, 0.5) is 5.69 Å². The first-order chi connectivity index (χ1) is 11.3. The molecule has 1 aromatic carbocycles. The summed E-state index contributed by atoms with van der Waals surface area (Å²) in [7, 11) is -3.94. The number of fused-ring (bicyclic) bond motifs is 1. The van der Waals surface area contributed by atoms with Gasteiger partial charge in [-0.2, -0.15) is 5.10 Å². The van der Waals surface area contributed by atoms with Crippen molar-refractivity contribution in [3.8, 4) is 0 Å². The van der Waals surface area contributed by atoms with Crippen LogP contribution < -0.4 is 5.01 Å². The van der Waals surface area contributed by atoms with E-state index in [0.29, 0.717) is 32.0 Å². The summed E-state index contributed by atoms with van der Waals surface area (Å²) < 4.78 is 31.1. The average molecular weight is 351 g/mol. The number of benzene rings is 1. The van der Waals surface area contributed by atoms with Gasteiger partial charge in [-0.1, -0.05) is 6.07 Å². The molecule has 24 heavy (non-hydrogen) atoms. The lowest BCUT2D eigenvalue weighted by atomic mass is 10.2. The van der Waals surface area contributed by atoms with E-state index in [0.717, 1.165) is 5.56 Å². The van der Waals surface area contributed by atoms with Gasteiger partial charge in [0.05, 0.1) is 23.8 Å². The van der Waals surface area contributed by atoms with Crippen LogP contribution in [0.3, 0.4) is 0 Å². The van der Waals surface area contributed by atoms with Crippen LogP contribution >= 0.6 is 0 Å². The zero-order valence-electron chi connectivity index (χ0n) is 14.0. The third kappa shape index (κ3) is 2.80. The number of amides is 1. The van der Waals surface area contributed by atoms with E-state index in [1.165, 1.54) is 4.90 Å². The van der Waals surface area contributed by atoms with Gasteiger partial charge in [0.2, 0.25) is 14.9 Å². The van der Waals surface area contributed by atoms with Crippen molar-refractivity contribution >= 4 is 26.5 Å². The van der Waals surface area contributed by atoms with E-state index in [-0.39, 0.29) is 10.9 Å². The quantitative estimate of drug-likeness (QED) is 0.799. The van der Waals surface area contributed by atoms with Gasteiger partial charge < -0.3 is 9.64 Å². The Morgan fingerprint density at radius 2 is 1.92 bits per heavy atom. The van der Waals surface area contributed by atoms with E-state index in [2.05, 4.69) is 5.10 Å². The van der Waals surface area contributed by atoms with Gasteiger partial charge in [-0.3, -0.25) is 9.80 Å². The van der Waals surface area contributed by atoms with Gasteiger partial charge in [0.1, 0.15) is 0 Å². The Kier molecular flexibility index (Phi) is 4.35. The van der Waals surface area contributed by atoms with E-state index in [1.807, 2.05) is 20.8 Å². The number of carbonyl (C=O) groups excluding carboxylic acids is 1. The Hall–Kier alpha value is -1.93. The van der Waals surface area contributed by atoms with Crippen LogP contribution in [0.2, 0.25) is 0 Å². The summed E-state index contributed by atoms with van der Waals surface area (Å²) in [5.41, 5.74) is 1.45. The summed E-state index contributed by atoms with van der Waals surface area (Å²) in [6, 6.07) is 4.99. The number of hydrogen-bond donors (Lipinski definition) is 0. The molecular formula is C16H21N3O4S. The molecule has 8 heteroatoms. The zero-order valence-corrected chi connectivity index (χ0v) is 14.8. The number of ether oxygens (including phenoxy) is 1. The van der Waals surface area contributed by atoms with Crippen LogP contribution in [0.1, 0.15) is 19.4 Å². The predicted octanol–water partition coefficient (Wildman–Crippen LogP) is 1.17. The topological polar surface area (TPSA) is 79.3 Å². The van der Waals surface area contributed by atoms with Gasteiger partial charge in [-0.05, 0) is 38.5 Å². The fourth-order valence-corrected chi connectivity index (χ4v) is 4.23. The summed E-state index contributed by atoms with van der Waals surface area (Å²) in [6.45, 7) is 7.26. The van der Waals surface area contributed by atoms with Gasteiger partial charge in [-0.25, -0.2) is 8.42 Å². The SMILES string of the molecule is Cc1ccc2c(c1)N(C(C)C)N=C(C(=O)N1CCOCC1)S2(=O)=O. The number of nitrogens with zero attached hydrogens (tertiary/aromatic N) is 3. The largest absolute Gasteiger partial charge is 0.378 e. The molecule has 0 N–H and O–H groups in total. The number of sulfone groups is 1. The number of anilines is 1. The number of morpholine rings is 1. The second kappa shape index (κ2) is 6.18. The Bertz CT molecular complexity index is 796. The molecule has 0 aliphatic carbocycles. The van der Waals surface area contributed by atoms with Crippen molar-refractivity contribution in [3.63, 3.8) is 0 Å². The molecule has 7 nitrogen and oxygen atoms in total. The molecule has 130 valence electrons. The van der Waals surface area contributed by atoms with E-state index < -0.39 is 20.8 Å². The standard InChI is InChI=1S/C16H21N3O4S/c1-11(2)19-13-10-12(3)4-5-14(13)24(21,22)15(17-19)16(20)18-6-8-23-9-7-18/h4-5,10-11H,6-9H2,1-3H3. The van der Waals surface area contributed by atoms with Gasteiger partial charge in [0.25, 0.3) is 5.91 Å². The molecule has 0 saturated carbocycles. The maximum Gasteiger partial charge on any atom is 0.286 e. The summed E-state index contributed by atoms with van der Waals surface area (Å²) in [4.78, 5) is 14.4. The molecule has 2 aliphatic heterocycles. The molecule has 2 aliphatic rings. The first kappa shape index (κ1) is 16.9. The van der Waals surface area contributed by atoms with Crippen molar-refractivity contribution in [2.75, 3.05) is 31.3 Å². The minimum Gasteiger partial charge on any atom is -0.378 e. The molecule has 0 atom stereocenters. The first-order valence-electron chi connectivity index (χ1n) is 7.93. The molecule has 0 radical (unpaired) electrons. The molecule has 3 rings (SSSR count). The van der Waals surface area contributed by atoms with Crippen molar-refractivity contribution in [1.82, 2.24) is 4.90 Å². The number of rotatable bonds is 2. The Labute approximate surface area is 141 Å². The maximum absolute atomic E-state index is 12.9. The number of carbonyl (C=O) groups is 1. The smallest absolute Gasteiger partial charge is 0.286 e. The zero-order chi connectivity index (χ0) is 17.5. The van der Waals surface area contributed by atoms with Crippen molar-refractivity contribution < 1.29 is 17.9 Å². The van der Waals surface area contributed by atoms with Crippen LogP contribution in [0.5, 0.6) is 0 Å². The Balaban J connectivity index is 2.09. The molecule has 2 heterocycles. The third-order valence-corrected chi connectivity index (χ3v) is 5.76. The lowest BCUT2D eigenvalue weighted by Gasteiger charge is -2.33. The molecule has 1 saturated heterocycles. The first-order valence-corrected chi connectivity index (χ1v) is 9.41. The van der Waals surface area contributed by atoms with Gasteiger partial charge >= 0.3 is 0 Å². The lowest BCUT2D eigenvalue weighted by molar-refractivity contribution is -0.127. The fourth-order valence-electron chi connectivity index (χ4n) is 2.80. The number of aryl methyl sites for hydroxylation is 1. The highest BCUT2D eigenvalue weighted by atomic mass is 32.2. The van der Waals surface area contributed by atoms with Crippen LogP contribution in [0, 0.1) is 6.92 Å². The van der Waals surface area contributed by atoms with Crippen molar-refractivity contribution in [2.45, 2.75) is 31.7 Å². The fraction of sp³-hybridized carbons (Fsp3) is 0.500. The molecule has 0 aromatic heterocycles. The molecule has 0 unspecified atom stereocenters. The van der Waals surface area contributed by atoms with E-state index in [9.17, 15) is 13.2 Å². The normalized spacial score (nSPS) is 19.9. The minimum absolute atomic E-state index is 0.0754. The lowest BCUT2D eigenvalue weighted by Crippen LogP contribution is -2.48. The molecular weight excluding hydrogens is 330 g/mol. The van der Waals surface area contributed by atoms with Crippen LogP contribution in [-0.2, 0) is 19.4 Å². The summed E-state index contributed by atoms with van der Waals surface area (Å²) in [5, 5.41) is 5.42. The highest BCUT2D eigenvalue weighted by Gasteiger charge is 2.40. The second-order valence-corrected chi connectivity index (χ2v) is 8.06. The second-order valence-electron chi connectivity index (χ2n) is 6.22. The third-order valence-electron chi connectivity index (χ3n) is 4.07. The van der Waals surface area contributed by atoms with Gasteiger partial charge in [0.15, 0.2) is 0 Å². The summed E-state index contributed by atoms with van der Waals surface area (Å²) >= 11 is 0. The van der Waals surface area contributed by atoms with E-state index in [1.54, 1.807) is 23.2 Å². The molecule has 1 fully saturated rings. The van der Waals surface area contributed by atoms with Gasteiger partial charge in [-0.15, -0.1) is 0 Å². The average Bonchev–Trinajstić information content (AvgIpc) is 2.54. The highest BCUT2D eigenvalue weighted by molar-refractivity contribution is 8.08. The maximum atomic E-state index is 12.9. The van der Waals surface area contributed by atoms with Crippen molar-refractivity contribution in [2.24, 2.45) is 5.10 Å². The van der Waals surface area contributed by atoms with Crippen molar-refractivity contribution in [3.05, 3.63) is 23.8 Å².